The standard InChI is InChI=1S/C16H15FN4O3S/c17-13-6-4-12(5-7-13)11-25(22,23)19-10-8-15-20-21-16(24-15)14-3-1-2-9-18-14/h1-7,9,19H,8,10-11H2. The number of sulfonamides is 1. The van der Waals surface area contributed by atoms with Crippen molar-refractivity contribution in [3.8, 4) is 11.6 Å². The highest BCUT2D eigenvalue weighted by molar-refractivity contribution is 7.88. The third-order valence-corrected chi connectivity index (χ3v) is 4.64. The van der Waals surface area contributed by atoms with Crippen molar-refractivity contribution in [1.82, 2.24) is 19.9 Å². The molecule has 0 spiro atoms. The molecule has 0 saturated carbocycles. The van der Waals surface area contributed by atoms with Crippen LogP contribution in [0, 0.1) is 5.82 Å². The SMILES string of the molecule is O=S(=O)(Cc1ccc(F)cc1)NCCc1nnc(-c2ccccn2)o1. The molecule has 1 aromatic carbocycles. The van der Waals surface area contributed by atoms with E-state index < -0.39 is 15.8 Å². The molecule has 130 valence electrons. The second kappa shape index (κ2) is 7.49. The quantitative estimate of drug-likeness (QED) is 0.690. The normalized spacial score (nSPS) is 11.6. The fourth-order valence-electron chi connectivity index (χ4n) is 2.11. The van der Waals surface area contributed by atoms with Crippen LogP contribution in [-0.4, -0.2) is 30.1 Å². The lowest BCUT2D eigenvalue weighted by Crippen LogP contribution is -2.27. The molecule has 2 aromatic heterocycles. The van der Waals surface area contributed by atoms with Crippen molar-refractivity contribution in [3.05, 3.63) is 65.9 Å². The zero-order valence-electron chi connectivity index (χ0n) is 13.1. The van der Waals surface area contributed by atoms with Gasteiger partial charge in [0.15, 0.2) is 0 Å². The molecule has 0 aliphatic rings. The summed E-state index contributed by atoms with van der Waals surface area (Å²) in [5, 5.41) is 7.76. The number of nitrogens with zero attached hydrogens (tertiary/aromatic N) is 3. The van der Waals surface area contributed by atoms with Crippen molar-refractivity contribution in [3.63, 3.8) is 0 Å². The van der Waals surface area contributed by atoms with Crippen molar-refractivity contribution in [2.24, 2.45) is 0 Å². The van der Waals surface area contributed by atoms with Gasteiger partial charge in [-0.3, -0.25) is 4.98 Å². The summed E-state index contributed by atoms with van der Waals surface area (Å²) in [6, 6.07) is 10.6. The molecule has 7 nitrogen and oxygen atoms in total. The second-order valence-electron chi connectivity index (χ2n) is 5.25. The van der Waals surface area contributed by atoms with E-state index in [1.54, 1.807) is 24.4 Å². The third-order valence-electron chi connectivity index (χ3n) is 3.28. The monoisotopic (exact) mass is 362 g/mol. The Labute approximate surface area is 144 Å². The largest absolute Gasteiger partial charge is 0.419 e. The molecule has 0 saturated heterocycles. The van der Waals surface area contributed by atoms with Crippen LogP contribution in [0.15, 0.2) is 53.1 Å². The first-order chi connectivity index (χ1) is 12.0. The lowest BCUT2D eigenvalue weighted by molar-refractivity contribution is 0.500. The summed E-state index contributed by atoms with van der Waals surface area (Å²) >= 11 is 0. The Bertz CT molecular complexity index is 928. The molecular formula is C16H15FN4O3S. The first kappa shape index (κ1) is 17.2. The highest BCUT2D eigenvalue weighted by Crippen LogP contribution is 2.14. The molecule has 0 unspecified atom stereocenters. The van der Waals surface area contributed by atoms with Crippen LogP contribution >= 0.6 is 0 Å². The van der Waals surface area contributed by atoms with E-state index in [0.29, 0.717) is 17.1 Å². The van der Waals surface area contributed by atoms with Crippen LogP contribution in [0.5, 0.6) is 0 Å². The minimum Gasteiger partial charge on any atom is -0.419 e. The Morgan fingerprint density at radius 2 is 1.88 bits per heavy atom. The average molecular weight is 362 g/mol. The maximum Gasteiger partial charge on any atom is 0.266 e. The van der Waals surface area contributed by atoms with Crippen molar-refractivity contribution in [2.45, 2.75) is 12.2 Å². The van der Waals surface area contributed by atoms with Gasteiger partial charge in [-0.15, -0.1) is 10.2 Å². The van der Waals surface area contributed by atoms with Gasteiger partial charge in [-0.2, -0.15) is 0 Å². The van der Waals surface area contributed by atoms with Gasteiger partial charge in [0.1, 0.15) is 11.5 Å². The lowest BCUT2D eigenvalue weighted by atomic mass is 10.2. The number of pyridine rings is 1. The van der Waals surface area contributed by atoms with E-state index in [2.05, 4.69) is 19.9 Å². The van der Waals surface area contributed by atoms with Crippen LogP contribution in [-0.2, 0) is 22.2 Å². The first-order valence-corrected chi connectivity index (χ1v) is 9.13. The minimum atomic E-state index is -3.54. The van der Waals surface area contributed by atoms with Crippen LogP contribution in [0.4, 0.5) is 4.39 Å². The highest BCUT2D eigenvalue weighted by atomic mass is 32.2. The fraction of sp³-hybridized carbons (Fsp3) is 0.188. The summed E-state index contributed by atoms with van der Waals surface area (Å²) in [4.78, 5) is 4.10. The molecule has 0 atom stereocenters. The van der Waals surface area contributed by atoms with Gasteiger partial charge in [0, 0.05) is 19.2 Å². The molecule has 25 heavy (non-hydrogen) atoms. The van der Waals surface area contributed by atoms with Crippen LogP contribution in [0.25, 0.3) is 11.6 Å². The van der Waals surface area contributed by atoms with Crippen molar-refractivity contribution in [2.75, 3.05) is 6.54 Å². The minimum absolute atomic E-state index is 0.118. The summed E-state index contributed by atoms with van der Waals surface area (Å²) in [7, 11) is -3.54. The third kappa shape index (κ3) is 4.91. The summed E-state index contributed by atoms with van der Waals surface area (Å²) < 4.78 is 44.8. The number of benzene rings is 1. The zero-order chi connectivity index (χ0) is 17.7. The van der Waals surface area contributed by atoms with Crippen molar-refractivity contribution >= 4 is 10.0 Å². The Morgan fingerprint density at radius 3 is 2.60 bits per heavy atom. The number of halogens is 1. The van der Waals surface area contributed by atoms with E-state index in [1.165, 1.54) is 24.3 Å². The van der Waals surface area contributed by atoms with Crippen molar-refractivity contribution in [1.29, 1.82) is 0 Å². The molecule has 9 heteroatoms. The van der Waals surface area contributed by atoms with E-state index in [1.807, 2.05) is 0 Å². The lowest BCUT2D eigenvalue weighted by Gasteiger charge is -2.05. The van der Waals surface area contributed by atoms with E-state index in [4.69, 9.17) is 4.42 Å². The van der Waals surface area contributed by atoms with Gasteiger partial charge in [-0.1, -0.05) is 18.2 Å². The molecule has 0 aliphatic heterocycles. The zero-order valence-corrected chi connectivity index (χ0v) is 13.9. The van der Waals surface area contributed by atoms with Crippen LogP contribution in [0.1, 0.15) is 11.5 Å². The number of rotatable bonds is 7. The molecule has 2 heterocycles. The molecule has 0 aliphatic carbocycles. The number of aromatic nitrogens is 3. The van der Waals surface area contributed by atoms with Gasteiger partial charge >= 0.3 is 0 Å². The fourth-order valence-corrected chi connectivity index (χ4v) is 3.26. The molecule has 1 N–H and O–H groups in total. The number of nitrogens with one attached hydrogen (secondary N) is 1. The Kier molecular flexibility index (Phi) is 5.15. The topological polar surface area (TPSA) is 98.0 Å². The van der Waals surface area contributed by atoms with E-state index in [-0.39, 0.29) is 24.6 Å². The van der Waals surface area contributed by atoms with Gasteiger partial charge in [-0.25, -0.2) is 17.5 Å². The average Bonchev–Trinajstić information content (AvgIpc) is 3.06. The molecule has 0 amide bonds. The molecular weight excluding hydrogens is 347 g/mol. The van der Waals surface area contributed by atoms with Crippen molar-refractivity contribution < 1.29 is 17.2 Å². The molecule has 3 rings (SSSR count). The molecule has 0 bridgehead atoms. The van der Waals surface area contributed by atoms with E-state index in [9.17, 15) is 12.8 Å². The molecule has 3 aromatic rings. The summed E-state index contributed by atoms with van der Waals surface area (Å²) in [6.45, 7) is 0.118. The molecule has 0 fully saturated rings. The highest BCUT2D eigenvalue weighted by Gasteiger charge is 2.13. The second-order valence-corrected chi connectivity index (χ2v) is 7.05. The number of hydrogen-bond acceptors (Lipinski definition) is 6. The smallest absolute Gasteiger partial charge is 0.266 e. The van der Waals surface area contributed by atoms with E-state index in [0.717, 1.165) is 0 Å². The summed E-state index contributed by atoms with van der Waals surface area (Å²) in [6.07, 6.45) is 1.87. The van der Waals surface area contributed by atoms with Gasteiger partial charge in [-0.05, 0) is 29.8 Å². The van der Waals surface area contributed by atoms with Crippen LogP contribution in [0.2, 0.25) is 0 Å². The predicted octanol–water partition coefficient (Wildman–Crippen LogP) is 1.93. The molecule has 0 radical (unpaired) electrons. The van der Waals surface area contributed by atoms with E-state index >= 15 is 0 Å². The summed E-state index contributed by atoms with van der Waals surface area (Å²) in [5.74, 6) is -0.0415. The summed E-state index contributed by atoms with van der Waals surface area (Å²) in [5.41, 5.74) is 1.06. The maximum atomic E-state index is 12.8. The Morgan fingerprint density at radius 1 is 1.08 bits per heavy atom. The Balaban J connectivity index is 1.54. The van der Waals surface area contributed by atoms with Gasteiger partial charge < -0.3 is 4.42 Å². The Hall–Kier alpha value is -2.65. The van der Waals surface area contributed by atoms with Crippen LogP contribution < -0.4 is 4.72 Å². The van der Waals surface area contributed by atoms with Crippen LogP contribution in [0.3, 0.4) is 0 Å². The van der Waals surface area contributed by atoms with Gasteiger partial charge in [0.05, 0.1) is 5.75 Å². The van der Waals surface area contributed by atoms with Gasteiger partial charge in [0.25, 0.3) is 5.89 Å². The maximum absolute atomic E-state index is 12.8. The van der Waals surface area contributed by atoms with Gasteiger partial charge in [0.2, 0.25) is 15.9 Å². The predicted molar refractivity (Wildman–Crippen MR) is 88.3 cm³/mol. The first-order valence-electron chi connectivity index (χ1n) is 7.47. The number of hydrogen-bond donors (Lipinski definition) is 1.